The number of aliphatic hydroxyl groups excluding tert-OH is 1. The van der Waals surface area contributed by atoms with Gasteiger partial charge in [0, 0.05) is 19.3 Å². The molecule has 170 valence electrons. The van der Waals surface area contributed by atoms with Gasteiger partial charge in [-0.25, -0.2) is 0 Å². The minimum absolute atomic E-state index is 0.0718. The highest BCUT2D eigenvalue weighted by atomic mass is 16.3. The SMILES string of the molecule is C=C(C)C1CCC(C)(CCC(C)=O)C(O)C1.C=C(C)C1CCC2CCC(=O)CC2C1. The third-order valence-electron chi connectivity index (χ3n) is 8.24. The highest BCUT2D eigenvalue weighted by Crippen LogP contribution is 2.44. The molecule has 1 N–H and O–H groups in total. The monoisotopic (exact) mass is 416 g/mol. The van der Waals surface area contributed by atoms with Crippen molar-refractivity contribution in [1.29, 1.82) is 0 Å². The van der Waals surface area contributed by atoms with E-state index in [1.54, 1.807) is 6.92 Å². The fraction of sp³-hybridized carbons (Fsp3) is 0.778. The molecule has 0 aromatic heterocycles. The Balaban J connectivity index is 0.000000215. The quantitative estimate of drug-likeness (QED) is 0.524. The zero-order chi connectivity index (χ0) is 22.5. The third-order valence-corrected chi connectivity index (χ3v) is 8.24. The van der Waals surface area contributed by atoms with E-state index in [1.807, 2.05) is 6.92 Å². The molecule has 0 bridgehead atoms. The van der Waals surface area contributed by atoms with Gasteiger partial charge >= 0.3 is 0 Å². The van der Waals surface area contributed by atoms with E-state index >= 15 is 0 Å². The second-order valence-corrected chi connectivity index (χ2v) is 10.8. The molecule has 0 aromatic carbocycles. The second kappa shape index (κ2) is 10.9. The fourth-order valence-electron chi connectivity index (χ4n) is 5.69. The van der Waals surface area contributed by atoms with Crippen molar-refractivity contribution in [2.24, 2.45) is 29.1 Å². The van der Waals surface area contributed by atoms with Crippen LogP contribution in [0.3, 0.4) is 0 Å². The summed E-state index contributed by atoms with van der Waals surface area (Å²) in [5.74, 6) is 3.40. The summed E-state index contributed by atoms with van der Waals surface area (Å²) in [4.78, 5) is 22.4. The summed E-state index contributed by atoms with van der Waals surface area (Å²) in [5.41, 5.74) is 2.42. The number of aliphatic hydroxyl groups is 1. The van der Waals surface area contributed by atoms with Crippen molar-refractivity contribution < 1.29 is 14.7 Å². The number of hydrogen-bond donors (Lipinski definition) is 1. The highest BCUT2D eigenvalue weighted by molar-refractivity contribution is 5.79. The fourth-order valence-corrected chi connectivity index (χ4v) is 5.69. The maximum Gasteiger partial charge on any atom is 0.133 e. The number of carbonyl (C=O) groups is 2. The second-order valence-electron chi connectivity index (χ2n) is 10.8. The maximum atomic E-state index is 11.4. The van der Waals surface area contributed by atoms with E-state index < -0.39 is 0 Å². The van der Waals surface area contributed by atoms with Gasteiger partial charge in [-0.3, -0.25) is 4.79 Å². The van der Waals surface area contributed by atoms with Gasteiger partial charge in [0.05, 0.1) is 6.10 Å². The van der Waals surface area contributed by atoms with E-state index in [-0.39, 0.29) is 17.3 Å². The average Bonchev–Trinajstić information content (AvgIpc) is 2.68. The molecular formula is C27H44O3. The molecule has 0 heterocycles. The van der Waals surface area contributed by atoms with Crippen molar-refractivity contribution in [3.63, 3.8) is 0 Å². The van der Waals surface area contributed by atoms with Gasteiger partial charge < -0.3 is 9.90 Å². The normalized spacial score (nSPS) is 36.2. The average molecular weight is 417 g/mol. The number of carbonyl (C=O) groups excluding carboxylic acids is 2. The lowest BCUT2D eigenvalue weighted by molar-refractivity contribution is -0.123. The molecule has 30 heavy (non-hydrogen) atoms. The van der Waals surface area contributed by atoms with E-state index in [0.29, 0.717) is 30.0 Å². The van der Waals surface area contributed by atoms with Crippen molar-refractivity contribution >= 4 is 11.6 Å². The first-order valence-electron chi connectivity index (χ1n) is 12.0. The highest BCUT2D eigenvalue weighted by Gasteiger charge is 2.39. The van der Waals surface area contributed by atoms with Gasteiger partial charge in [0.25, 0.3) is 0 Å². The Morgan fingerprint density at radius 2 is 1.63 bits per heavy atom. The number of fused-ring (bicyclic) bond motifs is 1. The molecule has 6 atom stereocenters. The summed E-state index contributed by atoms with van der Waals surface area (Å²) < 4.78 is 0. The van der Waals surface area contributed by atoms with Crippen LogP contribution in [0, 0.1) is 29.1 Å². The minimum Gasteiger partial charge on any atom is -0.393 e. The Labute approximate surface area is 184 Å². The number of hydrogen-bond acceptors (Lipinski definition) is 3. The molecule has 3 heteroatoms. The summed E-state index contributed by atoms with van der Waals surface area (Å²) in [6.07, 6.45) is 10.7. The summed E-state index contributed by atoms with van der Waals surface area (Å²) in [6, 6.07) is 0. The van der Waals surface area contributed by atoms with Crippen LogP contribution in [0.2, 0.25) is 0 Å². The van der Waals surface area contributed by atoms with Crippen LogP contribution in [0.1, 0.15) is 98.3 Å². The third kappa shape index (κ3) is 6.90. The Hall–Kier alpha value is -1.22. The van der Waals surface area contributed by atoms with Gasteiger partial charge in [-0.2, -0.15) is 0 Å². The van der Waals surface area contributed by atoms with Crippen molar-refractivity contribution in [3.8, 4) is 0 Å². The minimum atomic E-state index is -0.290. The predicted octanol–water partition coefficient (Wildman–Crippen LogP) is 6.45. The van der Waals surface area contributed by atoms with Crippen molar-refractivity contribution in [1.82, 2.24) is 0 Å². The van der Waals surface area contributed by atoms with Gasteiger partial charge in [-0.1, -0.05) is 31.2 Å². The van der Waals surface area contributed by atoms with E-state index in [4.69, 9.17) is 0 Å². The molecule has 0 spiro atoms. The molecule has 0 aliphatic heterocycles. The molecule has 3 saturated carbocycles. The van der Waals surface area contributed by atoms with Gasteiger partial charge in [-0.05, 0) is 101 Å². The van der Waals surface area contributed by atoms with E-state index in [2.05, 4.69) is 27.0 Å². The topological polar surface area (TPSA) is 54.4 Å². The van der Waals surface area contributed by atoms with Gasteiger partial charge in [0.1, 0.15) is 11.6 Å². The number of ketones is 2. The molecule has 3 aliphatic rings. The molecule has 0 radical (unpaired) electrons. The van der Waals surface area contributed by atoms with Crippen molar-refractivity contribution in [2.75, 3.05) is 0 Å². The van der Waals surface area contributed by atoms with Gasteiger partial charge in [-0.15, -0.1) is 0 Å². The smallest absolute Gasteiger partial charge is 0.133 e. The van der Waals surface area contributed by atoms with Crippen LogP contribution in [0.15, 0.2) is 24.3 Å². The Morgan fingerprint density at radius 3 is 2.20 bits per heavy atom. The molecule has 0 amide bonds. The maximum absolute atomic E-state index is 11.4. The molecule has 0 aromatic rings. The lowest BCUT2D eigenvalue weighted by atomic mass is 9.66. The first kappa shape index (κ1) is 25.0. The van der Waals surface area contributed by atoms with Crippen molar-refractivity contribution in [3.05, 3.63) is 24.3 Å². The molecule has 3 aliphatic carbocycles. The van der Waals surface area contributed by atoms with E-state index in [1.165, 1.54) is 30.4 Å². The molecular weight excluding hydrogens is 372 g/mol. The largest absolute Gasteiger partial charge is 0.393 e. The van der Waals surface area contributed by atoms with E-state index in [0.717, 1.165) is 50.9 Å². The lowest BCUT2D eigenvalue weighted by Crippen LogP contribution is -2.39. The first-order valence-corrected chi connectivity index (χ1v) is 12.0. The Kier molecular flexibility index (Phi) is 9.09. The zero-order valence-corrected chi connectivity index (χ0v) is 19.8. The lowest BCUT2D eigenvalue weighted by Gasteiger charge is -2.42. The zero-order valence-electron chi connectivity index (χ0n) is 19.8. The van der Waals surface area contributed by atoms with Gasteiger partial charge in [0.15, 0.2) is 0 Å². The number of rotatable bonds is 5. The standard InChI is InChI=1S/C14H24O2.C13H20O/c1-10(2)12-6-8-14(4,13(16)9-12)7-5-11(3)15;1-9(2)11-4-3-10-5-6-13(14)8-12(10)7-11/h12-13,16H,1,5-9H2,2-4H3;10-12H,1,3-8H2,2H3. The van der Waals surface area contributed by atoms with Crippen molar-refractivity contribution in [2.45, 2.75) is 104 Å². The van der Waals surface area contributed by atoms with Crippen LogP contribution < -0.4 is 0 Å². The van der Waals surface area contributed by atoms with Crippen LogP contribution in [-0.2, 0) is 9.59 Å². The van der Waals surface area contributed by atoms with Crippen LogP contribution >= 0.6 is 0 Å². The summed E-state index contributed by atoms with van der Waals surface area (Å²) in [6.45, 7) is 15.9. The number of Topliss-reactive ketones (excluding diaryl/α,β-unsaturated/α-hetero) is 2. The molecule has 6 unspecified atom stereocenters. The Bertz CT molecular complexity index is 646. The summed E-state index contributed by atoms with van der Waals surface area (Å²) in [7, 11) is 0. The summed E-state index contributed by atoms with van der Waals surface area (Å²) in [5, 5.41) is 10.2. The van der Waals surface area contributed by atoms with Crippen LogP contribution in [0.25, 0.3) is 0 Å². The first-order chi connectivity index (χ1) is 14.0. The number of allylic oxidation sites excluding steroid dienone is 2. The van der Waals surface area contributed by atoms with E-state index in [9.17, 15) is 14.7 Å². The van der Waals surface area contributed by atoms with Gasteiger partial charge in [0.2, 0.25) is 0 Å². The molecule has 3 fully saturated rings. The van der Waals surface area contributed by atoms with Crippen LogP contribution in [-0.4, -0.2) is 22.8 Å². The summed E-state index contributed by atoms with van der Waals surface area (Å²) >= 11 is 0. The molecule has 0 saturated heterocycles. The molecule has 3 nitrogen and oxygen atoms in total. The predicted molar refractivity (Wildman–Crippen MR) is 124 cm³/mol. The van der Waals surface area contributed by atoms with Crippen LogP contribution in [0.5, 0.6) is 0 Å². The molecule has 3 rings (SSSR count). The Morgan fingerprint density at radius 1 is 1.00 bits per heavy atom. The van der Waals surface area contributed by atoms with Crippen LogP contribution in [0.4, 0.5) is 0 Å².